The first-order valence-electron chi connectivity index (χ1n) is 8.13. The summed E-state index contributed by atoms with van der Waals surface area (Å²) in [5.74, 6) is -0.950. The molecule has 0 heterocycles. The summed E-state index contributed by atoms with van der Waals surface area (Å²) in [6.45, 7) is -0.330. The van der Waals surface area contributed by atoms with Crippen LogP contribution in [0, 0.1) is 0 Å². The van der Waals surface area contributed by atoms with Crippen LogP contribution in [0.4, 0.5) is 0 Å². The van der Waals surface area contributed by atoms with Crippen molar-refractivity contribution in [2.75, 3.05) is 12.9 Å². The quantitative estimate of drug-likeness (QED) is 0.647. The number of benzene rings is 1. The third-order valence-corrected chi connectivity index (χ3v) is 5.20. The Morgan fingerprint density at radius 3 is 2.21 bits per heavy atom. The Hall–Kier alpha value is -1.89. The second-order valence-electron chi connectivity index (χ2n) is 6.13. The highest BCUT2D eigenvalue weighted by molar-refractivity contribution is 7.90. The molecule has 0 radical (unpaired) electrons. The topological polar surface area (TPSA) is 89.5 Å². The molecule has 1 aliphatic carbocycles. The molecule has 1 saturated carbocycles. The SMILES string of the molecule is CS(=O)(=O)c1ccc(C(=O)OCC(=O)NC2CCCCCC2)cc1. The van der Waals surface area contributed by atoms with Crippen LogP contribution in [-0.4, -0.2) is 39.2 Å². The molecule has 1 fully saturated rings. The first-order chi connectivity index (χ1) is 11.4. The van der Waals surface area contributed by atoms with Crippen LogP contribution in [0.25, 0.3) is 0 Å². The van der Waals surface area contributed by atoms with E-state index in [1.807, 2.05) is 0 Å². The van der Waals surface area contributed by atoms with E-state index in [0.717, 1.165) is 31.9 Å². The summed E-state index contributed by atoms with van der Waals surface area (Å²) in [5.41, 5.74) is 0.213. The van der Waals surface area contributed by atoms with E-state index in [0.29, 0.717) is 0 Å². The van der Waals surface area contributed by atoms with Crippen LogP contribution in [0.3, 0.4) is 0 Å². The van der Waals surface area contributed by atoms with E-state index in [9.17, 15) is 18.0 Å². The summed E-state index contributed by atoms with van der Waals surface area (Å²) in [7, 11) is -3.31. The Kier molecular flexibility index (Phi) is 6.36. The molecule has 1 aromatic carbocycles. The van der Waals surface area contributed by atoms with Crippen molar-refractivity contribution in [3.63, 3.8) is 0 Å². The van der Waals surface area contributed by atoms with E-state index in [1.54, 1.807) is 0 Å². The van der Waals surface area contributed by atoms with E-state index in [4.69, 9.17) is 4.74 Å². The van der Waals surface area contributed by atoms with Crippen molar-refractivity contribution in [3.05, 3.63) is 29.8 Å². The zero-order chi connectivity index (χ0) is 17.6. The van der Waals surface area contributed by atoms with Crippen LogP contribution in [0.1, 0.15) is 48.9 Å². The fourth-order valence-corrected chi connectivity index (χ4v) is 3.38. The van der Waals surface area contributed by atoms with Gasteiger partial charge in [-0.1, -0.05) is 25.7 Å². The van der Waals surface area contributed by atoms with Crippen molar-refractivity contribution < 1.29 is 22.7 Å². The summed E-state index contributed by atoms with van der Waals surface area (Å²) in [6.07, 6.45) is 7.64. The maximum atomic E-state index is 11.9. The normalized spacial score (nSPS) is 16.2. The molecule has 6 nitrogen and oxygen atoms in total. The maximum Gasteiger partial charge on any atom is 0.338 e. The van der Waals surface area contributed by atoms with E-state index >= 15 is 0 Å². The van der Waals surface area contributed by atoms with Crippen LogP contribution in [0.5, 0.6) is 0 Å². The summed E-state index contributed by atoms with van der Waals surface area (Å²) in [6, 6.07) is 5.60. The number of sulfone groups is 1. The molecular weight excluding hydrogens is 330 g/mol. The lowest BCUT2D eigenvalue weighted by molar-refractivity contribution is -0.125. The third-order valence-electron chi connectivity index (χ3n) is 4.07. The first kappa shape index (κ1) is 18.4. The van der Waals surface area contributed by atoms with Gasteiger partial charge in [0.15, 0.2) is 16.4 Å². The summed E-state index contributed by atoms with van der Waals surface area (Å²) >= 11 is 0. The zero-order valence-electron chi connectivity index (χ0n) is 13.8. The number of hydrogen-bond donors (Lipinski definition) is 1. The minimum Gasteiger partial charge on any atom is -0.452 e. The molecule has 0 bridgehead atoms. The Morgan fingerprint density at radius 2 is 1.67 bits per heavy atom. The molecule has 132 valence electrons. The number of carbonyl (C=O) groups is 2. The van der Waals surface area contributed by atoms with Crippen molar-refractivity contribution in [1.29, 1.82) is 0 Å². The molecule has 0 atom stereocenters. The molecule has 2 rings (SSSR count). The van der Waals surface area contributed by atoms with Gasteiger partial charge in [0.05, 0.1) is 10.5 Å². The van der Waals surface area contributed by atoms with Gasteiger partial charge in [-0.15, -0.1) is 0 Å². The fraction of sp³-hybridized carbons (Fsp3) is 0.529. The van der Waals surface area contributed by atoms with Crippen LogP contribution >= 0.6 is 0 Å². The van der Waals surface area contributed by atoms with E-state index in [2.05, 4.69) is 5.32 Å². The highest BCUT2D eigenvalue weighted by atomic mass is 32.2. The molecule has 0 aromatic heterocycles. The molecule has 1 N–H and O–H groups in total. The van der Waals surface area contributed by atoms with E-state index < -0.39 is 15.8 Å². The number of carbonyl (C=O) groups excluding carboxylic acids is 2. The third kappa shape index (κ3) is 5.63. The Labute approximate surface area is 142 Å². The minimum atomic E-state index is -3.31. The molecule has 1 aliphatic rings. The number of esters is 1. The molecular formula is C17H23NO5S. The Balaban J connectivity index is 1.82. The summed E-state index contributed by atoms with van der Waals surface area (Å²) < 4.78 is 27.7. The Morgan fingerprint density at radius 1 is 1.08 bits per heavy atom. The number of hydrogen-bond acceptors (Lipinski definition) is 5. The van der Waals surface area contributed by atoms with E-state index in [-0.39, 0.29) is 29.0 Å². The van der Waals surface area contributed by atoms with Crippen LogP contribution < -0.4 is 5.32 Å². The van der Waals surface area contributed by atoms with Crippen molar-refractivity contribution in [2.24, 2.45) is 0 Å². The Bertz CT molecular complexity index is 673. The predicted molar refractivity (Wildman–Crippen MR) is 89.5 cm³/mol. The van der Waals surface area contributed by atoms with Crippen molar-refractivity contribution in [3.8, 4) is 0 Å². The lowest BCUT2D eigenvalue weighted by Gasteiger charge is -2.16. The second kappa shape index (κ2) is 8.28. The first-order valence-corrected chi connectivity index (χ1v) is 10.0. The second-order valence-corrected chi connectivity index (χ2v) is 8.14. The zero-order valence-corrected chi connectivity index (χ0v) is 14.6. The number of ether oxygens (including phenoxy) is 1. The largest absolute Gasteiger partial charge is 0.452 e. The van der Waals surface area contributed by atoms with Crippen molar-refractivity contribution >= 4 is 21.7 Å². The average molecular weight is 353 g/mol. The van der Waals surface area contributed by atoms with Crippen LogP contribution in [0.2, 0.25) is 0 Å². The minimum absolute atomic E-state index is 0.130. The fourth-order valence-electron chi connectivity index (χ4n) is 2.75. The predicted octanol–water partition coefficient (Wildman–Crippen LogP) is 2.09. The highest BCUT2D eigenvalue weighted by Gasteiger charge is 2.16. The average Bonchev–Trinajstić information content (AvgIpc) is 2.80. The molecule has 1 aromatic rings. The molecule has 0 spiro atoms. The van der Waals surface area contributed by atoms with Crippen LogP contribution in [0.15, 0.2) is 29.2 Å². The lowest BCUT2D eigenvalue weighted by atomic mass is 10.1. The monoisotopic (exact) mass is 353 g/mol. The van der Waals surface area contributed by atoms with Gasteiger partial charge in [0.2, 0.25) is 0 Å². The molecule has 0 aliphatic heterocycles. The molecule has 0 unspecified atom stereocenters. The standard InChI is InChI=1S/C17H23NO5S/c1-24(21,22)15-10-8-13(9-11-15)17(20)23-12-16(19)18-14-6-4-2-3-5-7-14/h8-11,14H,2-7,12H2,1H3,(H,18,19). The summed E-state index contributed by atoms with van der Waals surface area (Å²) in [4.78, 5) is 23.9. The molecule has 24 heavy (non-hydrogen) atoms. The van der Waals surface area contributed by atoms with Gasteiger partial charge in [0.25, 0.3) is 5.91 Å². The number of rotatable bonds is 5. The molecule has 0 saturated heterocycles. The number of nitrogens with one attached hydrogen (secondary N) is 1. The van der Waals surface area contributed by atoms with Gasteiger partial charge in [-0.3, -0.25) is 4.79 Å². The van der Waals surface area contributed by atoms with Gasteiger partial charge in [0.1, 0.15) is 0 Å². The van der Waals surface area contributed by atoms with Crippen LogP contribution in [-0.2, 0) is 19.4 Å². The van der Waals surface area contributed by atoms with Crippen molar-refractivity contribution in [1.82, 2.24) is 5.32 Å². The van der Waals surface area contributed by atoms with Gasteiger partial charge in [0, 0.05) is 12.3 Å². The maximum absolute atomic E-state index is 11.9. The van der Waals surface area contributed by atoms with Crippen molar-refractivity contribution in [2.45, 2.75) is 49.5 Å². The lowest BCUT2D eigenvalue weighted by Crippen LogP contribution is -2.37. The van der Waals surface area contributed by atoms with Gasteiger partial charge >= 0.3 is 5.97 Å². The number of amides is 1. The highest BCUT2D eigenvalue weighted by Crippen LogP contribution is 2.17. The molecule has 1 amide bonds. The molecule has 7 heteroatoms. The van der Waals surface area contributed by atoms with Gasteiger partial charge in [-0.05, 0) is 37.1 Å². The summed E-state index contributed by atoms with van der Waals surface area (Å²) in [5, 5.41) is 2.90. The van der Waals surface area contributed by atoms with E-state index in [1.165, 1.54) is 37.1 Å². The van der Waals surface area contributed by atoms with Gasteiger partial charge in [-0.2, -0.15) is 0 Å². The van der Waals surface area contributed by atoms with Gasteiger partial charge < -0.3 is 10.1 Å². The smallest absolute Gasteiger partial charge is 0.338 e. The van der Waals surface area contributed by atoms with Gasteiger partial charge in [-0.25, -0.2) is 13.2 Å².